The maximum absolute atomic E-state index is 12.4. The average molecular weight is 252 g/mol. The predicted octanol–water partition coefficient (Wildman–Crippen LogP) is 2.41. The van der Waals surface area contributed by atoms with Crippen molar-refractivity contribution in [2.75, 3.05) is 0 Å². The largest absolute Gasteiger partial charge is 0.392 e. The van der Waals surface area contributed by atoms with Gasteiger partial charge in [0.2, 0.25) is 0 Å². The molecule has 0 spiro atoms. The highest BCUT2D eigenvalue weighted by Gasteiger charge is 2.16. The van der Waals surface area contributed by atoms with Gasteiger partial charge in [0.15, 0.2) is 0 Å². The highest BCUT2D eigenvalue weighted by Crippen LogP contribution is 2.24. The zero-order valence-electron chi connectivity index (χ0n) is 6.67. The van der Waals surface area contributed by atoms with Crippen LogP contribution in [0.25, 0.3) is 0 Å². The monoisotopic (exact) mass is 251 g/mol. The summed E-state index contributed by atoms with van der Waals surface area (Å²) >= 11 is 3.08. The van der Waals surface area contributed by atoms with Gasteiger partial charge in [-0.15, -0.1) is 0 Å². The van der Waals surface area contributed by atoms with E-state index in [0.29, 0.717) is 11.1 Å². The molecule has 0 bridgehead atoms. The van der Waals surface area contributed by atoms with Crippen LogP contribution in [-0.2, 0) is 11.9 Å². The first-order chi connectivity index (χ1) is 6.20. The van der Waals surface area contributed by atoms with Gasteiger partial charge in [0.1, 0.15) is 5.69 Å². The Hall–Kier alpha value is -0.550. The van der Waals surface area contributed by atoms with E-state index in [1.54, 1.807) is 0 Å². The number of hydrogen-bond acceptors (Lipinski definition) is 2. The maximum atomic E-state index is 12.4. The van der Waals surface area contributed by atoms with Gasteiger partial charge >= 0.3 is 0 Å². The van der Waals surface area contributed by atoms with Crippen molar-refractivity contribution in [1.82, 2.24) is 4.98 Å². The number of hydrogen-bond donors (Lipinski definition) is 1. The Kier molecular flexibility index (Phi) is 3.74. The van der Waals surface area contributed by atoms with Crippen LogP contribution in [0.2, 0.25) is 0 Å². The van der Waals surface area contributed by atoms with Crippen molar-refractivity contribution < 1.29 is 13.9 Å². The molecule has 0 amide bonds. The number of aliphatic hydroxyl groups is 1. The smallest absolute Gasteiger partial charge is 0.280 e. The van der Waals surface area contributed by atoms with Crippen LogP contribution in [0.4, 0.5) is 8.78 Å². The minimum absolute atomic E-state index is 0.247. The topological polar surface area (TPSA) is 33.1 Å². The summed E-state index contributed by atoms with van der Waals surface area (Å²) < 4.78 is 24.7. The Labute approximate surface area is 82.7 Å². The van der Waals surface area contributed by atoms with E-state index in [0.717, 1.165) is 0 Å². The second-order valence-electron chi connectivity index (χ2n) is 2.43. The molecule has 2 nitrogen and oxygen atoms in total. The first-order valence-corrected chi connectivity index (χ1v) is 4.74. The molecule has 0 aliphatic rings. The summed E-state index contributed by atoms with van der Waals surface area (Å²) in [6.07, 6.45) is -1.32. The molecule has 72 valence electrons. The Bertz CT molecular complexity index is 293. The van der Waals surface area contributed by atoms with E-state index in [4.69, 9.17) is 5.11 Å². The fourth-order valence-corrected chi connectivity index (χ4v) is 1.69. The molecule has 1 heterocycles. The lowest BCUT2D eigenvalue weighted by atomic mass is 10.1. The summed E-state index contributed by atoms with van der Waals surface area (Å²) in [5, 5.41) is 9.14. The molecular formula is C8H8BrF2NO. The molecule has 0 aliphatic heterocycles. The van der Waals surface area contributed by atoms with Gasteiger partial charge < -0.3 is 5.11 Å². The minimum Gasteiger partial charge on any atom is -0.392 e. The summed E-state index contributed by atoms with van der Waals surface area (Å²) in [6.45, 7) is -0.247. The quantitative estimate of drug-likeness (QED) is 0.838. The van der Waals surface area contributed by atoms with Gasteiger partial charge in [-0.1, -0.05) is 15.9 Å². The molecule has 1 rings (SSSR count). The number of pyridine rings is 1. The van der Waals surface area contributed by atoms with Crippen molar-refractivity contribution >= 4 is 15.9 Å². The normalized spacial score (nSPS) is 10.8. The van der Waals surface area contributed by atoms with E-state index >= 15 is 0 Å². The fourth-order valence-electron chi connectivity index (χ4n) is 1.04. The molecule has 1 N–H and O–H groups in total. The van der Waals surface area contributed by atoms with Crippen LogP contribution < -0.4 is 0 Å². The number of rotatable bonds is 3. The summed E-state index contributed by atoms with van der Waals surface area (Å²) in [4.78, 5) is 3.57. The van der Waals surface area contributed by atoms with Crippen LogP contribution in [0.3, 0.4) is 0 Å². The Balaban J connectivity index is 3.19. The van der Waals surface area contributed by atoms with Crippen LogP contribution in [0, 0.1) is 0 Å². The second kappa shape index (κ2) is 4.62. The summed E-state index contributed by atoms with van der Waals surface area (Å²) in [5.41, 5.74) is 0.602. The molecule has 0 radical (unpaired) electrons. The first kappa shape index (κ1) is 10.5. The van der Waals surface area contributed by atoms with Gasteiger partial charge in [0, 0.05) is 11.5 Å². The van der Waals surface area contributed by atoms with Gasteiger partial charge in [-0.3, -0.25) is 4.98 Å². The molecule has 13 heavy (non-hydrogen) atoms. The third-order valence-electron chi connectivity index (χ3n) is 1.70. The second-order valence-corrected chi connectivity index (χ2v) is 2.99. The van der Waals surface area contributed by atoms with E-state index in [9.17, 15) is 8.78 Å². The number of nitrogens with zero attached hydrogens (tertiary/aromatic N) is 1. The number of aliphatic hydroxyl groups excluding tert-OH is 1. The van der Waals surface area contributed by atoms with E-state index in [-0.39, 0.29) is 17.6 Å². The van der Waals surface area contributed by atoms with Crippen LogP contribution in [0.5, 0.6) is 0 Å². The van der Waals surface area contributed by atoms with Crippen LogP contribution in [0.15, 0.2) is 12.3 Å². The molecule has 1 aromatic heterocycles. The highest BCUT2D eigenvalue weighted by atomic mass is 79.9. The van der Waals surface area contributed by atoms with Gasteiger partial charge in [-0.05, 0) is 17.2 Å². The summed E-state index contributed by atoms with van der Waals surface area (Å²) in [5.74, 6) is 0. The molecule has 0 fully saturated rings. The van der Waals surface area contributed by atoms with Gasteiger partial charge in [0.05, 0.1) is 6.61 Å². The standard InChI is InChI=1S/C8H8BrF2NO/c9-3-6-5(4-13)1-2-12-7(6)8(10)11/h1-2,8,13H,3-4H2. The predicted molar refractivity (Wildman–Crippen MR) is 47.7 cm³/mol. The fraction of sp³-hybridized carbons (Fsp3) is 0.375. The minimum atomic E-state index is -2.60. The first-order valence-electron chi connectivity index (χ1n) is 3.62. The summed E-state index contributed by atoms with van der Waals surface area (Å²) in [6, 6.07) is 1.53. The third-order valence-corrected chi connectivity index (χ3v) is 2.26. The van der Waals surface area contributed by atoms with E-state index < -0.39 is 6.43 Å². The van der Waals surface area contributed by atoms with E-state index in [1.165, 1.54) is 12.3 Å². The number of aromatic nitrogens is 1. The zero-order valence-corrected chi connectivity index (χ0v) is 8.26. The van der Waals surface area contributed by atoms with E-state index in [1.807, 2.05) is 0 Å². The molecule has 5 heteroatoms. The van der Waals surface area contributed by atoms with Crippen molar-refractivity contribution in [3.05, 3.63) is 29.1 Å². The van der Waals surface area contributed by atoms with Crippen LogP contribution >= 0.6 is 15.9 Å². The molecule has 0 saturated heterocycles. The van der Waals surface area contributed by atoms with Crippen molar-refractivity contribution in [3.8, 4) is 0 Å². The lowest BCUT2D eigenvalue weighted by Gasteiger charge is -2.08. The molecule has 0 atom stereocenters. The van der Waals surface area contributed by atoms with E-state index in [2.05, 4.69) is 20.9 Å². The number of alkyl halides is 3. The third kappa shape index (κ3) is 2.22. The lowest BCUT2D eigenvalue weighted by molar-refractivity contribution is 0.144. The molecule has 0 unspecified atom stereocenters. The molecule has 0 aliphatic carbocycles. The molecule has 1 aromatic rings. The van der Waals surface area contributed by atoms with Crippen molar-refractivity contribution in [3.63, 3.8) is 0 Å². The molecule has 0 aromatic carbocycles. The highest BCUT2D eigenvalue weighted by molar-refractivity contribution is 9.08. The Morgan fingerprint density at radius 2 is 2.23 bits per heavy atom. The average Bonchev–Trinajstić information content (AvgIpc) is 2.16. The van der Waals surface area contributed by atoms with Gasteiger partial charge in [-0.2, -0.15) is 0 Å². The molecule has 0 saturated carbocycles. The van der Waals surface area contributed by atoms with Gasteiger partial charge in [0.25, 0.3) is 6.43 Å². The van der Waals surface area contributed by atoms with Crippen molar-refractivity contribution in [2.45, 2.75) is 18.4 Å². The lowest BCUT2D eigenvalue weighted by Crippen LogP contribution is -2.01. The van der Waals surface area contributed by atoms with Crippen molar-refractivity contribution in [2.24, 2.45) is 0 Å². The maximum Gasteiger partial charge on any atom is 0.280 e. The Morgan fingerprint density at radius 3 is 2.69 bits per heavy atom. The Morgan fingerprint density at radius 1 is 1.54 bits per heavy atom. The number of halogens is 3. The van der Waals surface area contributed by atoms with Crippen LogP contribution in [0.1, 0.15) is 23.2 Å². The van der Waals surface area contributed by atoms with Crippen molar-refractivity contribution in [1.29, 1.82) is 0 Å². The SMILES string of the molecule is OCc1ccnc(C(F)F)c1CBr. The molecular weight excluding hydrogens is 244 g/mol. The van der Waals surface area contributed by atoms with Crippen LogP contribution in [-0.4, -0.2) is 10.1 Å². The zero-order chi connectivity index (χ0) is 9.84. The summed E-state index contributed by atoms with van der Waals surface area (Å²) in [7, 11) is 0. The van der Waals surface area contributed by atoms with Gasteiger partial charge in [-0.25, -0.2) is 8.78 Å².